The van der Waals surface area contributed by atoms with Gasteiger partial charge in [0.15, 0.2) is 0 Å². The van der Waals surface area contributed by atoms with E-state index < -0.39 is 22.7 Å². The molecule has 3 aliphatic rings. The summed E-state index contributed by atoms with van der Waals surface area (Å²) in [5.74, 6) is -0.722. The number of likely N-dealkylation sites (N-methyl/N-ethyl adjacent to an activating group) is 1. The predicted octanol–water partition coefficient (Wildman–Crippen LogP) is 10.0. The van der Waals surface area contributed by atoms with Crippen molar-refractivity contribution in [3.63, 3.8) is 0 Å². The first-order chi connectivity index (χ1) is 32.2. The van der Waals surface area contributed by atoms with Gasteiger partial charge in [-0.15, -0.1) is 6.58 Å². The molecule has 0 aromatic heterocycles. The average molecular weight is 891 g/mol. The molecule has 1 heterocycles. The maximum Gasteiger partial charge on any atom is 0.269 e. The maximum absolute atomic E-state index is 14.7. The second-order valence-corrected chi connectivity index (χ2v) is 17.2. The van der Waals surface area contributed by atoms with E-state index in [1.165, 1.54) is 12.1 Å². The van der Waals surface area contributed by atoms with Crippen molar-refractivity contribution in [2.24, 2.45) is 22.9 Å². The molecule has 0 bridgehead atoms. The number of nitriles is 1. The van der Waals surface area contributed by atoms with Crippen LogP contribution < -0.4 is 9.47 Å². The lowest BCUT2D eigenvalue weighted by molar-refractivity contribution is -0.384. The second-order valence-electron chi connectivity index (χ2n) is 17.2. The van der Waals surface area contributed by atoms with Crippen molar-refractivity contribution in [3.8, 4) is 23.3 Å². The van der Waals surface area contributed by atoms with Gasteiger partial charge in [0.1, 0.15) is 29.9 Å². The smallest absolute Gasteiger partial charge is 0.269 e. The lowest BCUT2D eigenvalue weighted by atomic mass is 9.55. The van der Waals surface area contributed by atoms with E-state index in [4.69, 9.17) is 24.2 Å². The van der Waals surface area contributed by atoms with Gasteiger partial charge in [-0.25, -0.2) is 0 Å². The number of hydrogen-bond acceptors (Lipinski definition) is 11. The Hall–Kier alpha value is -6.85. The molecule has 0 spiro atoms. The fourth-order valence-electron chi connectivity index (χ4n) is 10.1. The van der Waals surface area contributed by atoms with E-state index in [1.807, 2.05) is 48.5 Å². The number of nitro benzene ring substituents is 1. The number of carbonyl (C=O) groups is 1. The molecule has 0 radical (unpaired) electrons. The SMILES string of the molecule is C=CCO[C@@]12Oc3ccc(Oc4ccc5ccccc5c4)cc3[C@H]3[C@H](CCCCO)[C@@H](CCCCO)C=C(C(=NOCc4ccc([N+](=O)[O-])cc4)C[C@@H]1N(C)C(=O)c1ccc(C#N)cc1)[C@H]32. The molecular weight excluding hydrogens is 837 g/mol. The van der Waals surface area contributed by atoms with Crippen LogP contribution in [0.25, 0.3) is 10.8 Å². The van der Waals surface area contributed by atoms with Crippen molar-refractivity contribution in [2.45, 2.75) is 69.3 Å². The number of hydrogen-bond donors (Lipinski definition) is 2. The Balaban J connectivity index is 1.29. The number of allylic oxidation sites excluding steroid dienone is 1. The van der Waals surface area contributed by atoms with Crippen LogP contribution in [0.4, 0.5) is 5.69 Å². The molecule has 66 heavy (non-hydrogen) atoms. The highest BCUT2D eigenvalue weighted by Gasteiger charge is 2.65. The number of ether oxygens (including phenoxy) is 3. The second kappa shape index (κ2) is 20.5. The minimum atomic E-state index is -1.47. The number of non-ortho nitro benzene ring substituents is 1. The number of aliphatic hydroxyl groups excluding tert-OH is 2. The number of benzene rings is 5. The lowest BCUT2D eigenvalue weighted by Gasteiger charge is -2.59. The zero-order valence-corrected chi connectivity index (χ0v) is 37.0. The Kier molecular flexibility index (Phi) is 14.2. The Morgan fingerprint density at radius 3 is 2.38 bits per heavy atom. The number of fused-ring (bicyclic) bond motifs is 3. The molecule has 340 valence electrons. The summed E-state index contributed by atoms with van der Waals surface area (Å²) in [7, 11) is 1.72. The number of aliphatic hydroxyl groups is 2. The summed E-state index contributed by atoms with van der Waals surface area (Å²) < 4.78 is 21.0. The van der Waals surface area contributed by atoms with E-state index in [1.54, 1.807) is 54.4 Å². The zero-order valence-electron chi connectivity index (χ0n) is 37.0. The van der Waals surface area contributed by atoms with Crippen LogP contribution >= 0.6 is 0 Å². The molecule has 5 aromatic carbocycles. The van der Waals surface area contributed by atoms with Gasteiger partial charge in [-0.2, -0.15) is 5.26 Å². The van der Waals surface area contributed by atoms with E-state index in [-0.39, 0.29) is 62.2 Å². The van der Waals surface area contributed by atoms with Crippen LogP contribution in [0, 0.1) is 39.2 Å². The first-order valence-corrected chi connectivity index (χ1v) is 22.6. The van der Waals surface area contributed by atoms with E-state index >= 15 is 0 Å². The molecule has 2 aliphatic carbocycles. The maximum atomic E-state index is 14.7. The van der Waals surface area contributed by atoms with Crippen molar-refractivity contribution in [2.75, 3.05) is 26.9 Å². The van der Waals surface area contributed by atoms with Gasteiger partial charge in [0.05, 0.1) is 34.8 Å². The van der Waals surface area contributed by atoms with E-state index in [2.05, 4.69) is 30.9 Å². The Bertz CT molecular complexity index is 2660. The molecule has 8 rings (SSSR count). The van der Waals surface area contributed by atoms with Crippen molar-refractivity contribution >= 4 is 28.1 Å². The molecule has 1 aliphatic heterocycles. The molecule has 6 atom stereocenters. The molecule has 0 saturated heterocycles. The Morgan fingerprint density at radius 1 is 0.955 bits per heavy atom. The van der Waals surface area contributed by atoms with Crippen LogP contribution in [0.5, 0.6) is 17.2 Å². The fourth-order valence-corrected chi connectivity index (χ4v) is 10.1. The summed E-state index contributed by atoms with van der Waals surface area (Å²) in [6, 6.07) is 33.9. The van der Waals surface area contributed by atoms with Crippen molar-refractivity contribution in [1.82, 2.24) is 4.90 Å². The van der Waals surface area contributed by atoms with Crippen LogP contribution in [-0.2, 0) is 16.2 Å². The largest absolute Gasteiger partial charge is 0.459 e. The molecule has 13 nitrogen and oxygen atoms in total. The van der Waals surface area contributed by atoms with Crippen LogP contribution in [0.2, 0.25) is 0 Å². The van der Waals surface area contributed by atoms with Gasteiger partial charge in [0.25, 0.3) is 11.6 Å². The van der Waals surface area contributed by atoms with Gasteiger partial charge in [0, 0.05) is 55.9 Å². The first-order valence-electron chi connectivity index (χ1n) is 22.6. The summed E-state index contributed by atoms with van der Waals surface area (Å²) in [6.07, 6.45) is 8.43. The molecule has 1 fully saturated rings. The van der Waals surface area contributed by atoms with E-state index in [9.17, 15) is 30.4 Å². The van der Waals surface area contributed by atoms with Gasteiger partial charge in [0.2, 0.25) is 5.79 Å². The fraction of sp³-hybridized carbons (Fsp3) is 0.340. The zero-order chi connectivity index (χ0) is 46.2. The number of oxime groups is 1. The topological polar surface area (TPSA) is 177 Å². The molecular formula is C53H54N4O9. The van der Waals surface area contributed by atoms with Crippen LogP contribution in [0.3, 0.4) is 0 Å². The molecule has 0 unspecified atom stereocenters. The third kappa shape index (κ3) is 9.44. The number of nitrogens with zero attached hydrogens (tertiary/aromatic N) is 4. The number of nitro groups is 1. The molecule has 1 amide bonds. The Labute approximate surface area is 384 Å². The summed E-state index contributed by atoms with van der Waals surface area (Å²) >= 11 is 0. The van der Waals surface area contributed by atoms with Crippen LogP contribution in [0.15, 0.2) is 139 Å². The minimum absolute atomic E-state index is 0.00479. The number of unbranched alkanes of at least 4 members (excludes halogenated alkanes) is 2. The quantitative estimate of drug-likeness (QED) is 0.0351. The third-order valence-electron chi connectivity index (χ3n) is 13.2. The summed E-state index contributed by atoms with van der Waals surface area (Å²) in [4.78, 5) is 33.4. The highest BCUT2D eigenvalue weighted by atomic mass is 16.7. The third-order valence-corrected chi connectivity index (χ3v) is 13.2. The number of carbonyl (C=O) groups excluding carboxylic acids is 1. The molecule has 1 saturated carbocycles. The lowest BCUT2D eigenvalue weighted by Crippen LogP contribution is -2.69. The summed E-state index contributed by atoms with van der Waals surface area (Å²) in [5.41, 5.74) is 3.83. The van der Waals surface area contributed by atoms with E-state index in [0.717, 1.165) is 47.6 Å². The highest BCUT2D eigenvalue weighted by Crippen LogP contribution is 2.62. The standard InChI is InChI=1S/C53H54N4O9/c1-3-28-63-53-49(56(2)52(60)38-18-14-35(33-54)15-19-38)32-47(55-64-34-36-16-21-41(22-17-36)57(61)62)45-30-40(12-6-8-26-58)44(13-7-9-27-59)50(51(45)53)46-31-43(24-25-48(46)66-53)65-42-23-20-37-10-4-5-11-39(37)29-42/h3-5,10-11,14-25,29-31,40,44,49-51,58-59H,1,6-9,12-13,26-28,32,34H2,2H3/t40-,44+,49-,50+,51+,53+/m0/s1. The molecule has 13 heteroatoms. The number of amides is 1. The summed E-state index contributed by atoms with van der Waals surface area (Å²) in [5, 5.41) is 47.8. The van der Waals surface area contributed by atoms with Crippen molar-refractivity contribution in [1.29, 1.82) is 5.26 Å². The monoisotopic (exact) mass is 890 g/mol. The summed E-state index contributed by atoms with van der Waals surface area (Å²) in [6.45, 7) is 4.27. The minimum Gasteiger partial charge on any atom is -0.459 e. The van der Waals surface area contributed by atoms with Crippen molar-refractivity contribution < 1.29 is 39.0 Å². The van der Waals surface area contributed by atoms with Gasteiger partial charge in [-0.05, 0) is 126 Å². The Morgan fingerprint density at radius 2 is 1.67 bits per heavy atom. The van der Waals surface area contributed by atoms with E-state index in [0.29, 0.717) is 52.5 Å². The van der Waals surface area contributed by atoms with Gasteiger partial charge in [-0.3, -0.25) is 14.9 Å². The first kappa shape index (κ1) is 45.7. The van der Waals surface area contributed by atoms with Crippen molar-refractivity contribution in [3.05, 3.63) is 166 Å². The highest BCUT2D eigenvalue weighted by molar-refractivity contribution is 6.03. The van der Waals surface area contributed by atoms with Gasteiger partial charge < -0.3 is 34.2 Å². The van der Waals surface area contributed by atoms with Gasteiger partial charge >= 0.3 is 0 Å². The normalized spacial score (nSPS) is 22.2. The number of rotatable bonds is 19. The van der Waals surface area contributed by atoms with Gasteiger partial charge in [-0.1, -0.05) is 60.5 Å². The average Bonchev–Trinajstić information content (AvgIpc) is 3.34. The van der Waals surface area contributed by atoms with Crippen LogP contribution in [0.1, 0.15) is 77.9 Å². The predicted molar refractivity (Wildman–Crippen MR) is 250 cm³/mol. The van der Waals surface area contributed by atoms with Crippen LogP contribution in [-0.4, -0.2) is 70.4 Å². The molecule has 5 aromatic rings. The molecule has 2 N–H and O–H groups in total.